The number of aliphatic imine (C=N–C) groups is 1. The molecule has 28 heteroatoms. The molecule has 3 aromatic rings. The van der Waals surface area contributed by atoms with Gasteiger partial charge in [0.2, 0.25) is 47.3 Å². The third-order valence-corrected chi connectivity index (χ3v) is 14.4. The van der Waals surface area contributed by atoms with Crippen LogP contribution in [0.1, 0.15) is 115 Å². The molecule has 1 aliphatic rings. The minimum Gasteiger partial charge on any atom is -0.508 e. The van der Waals surface area contributed by atoms with Gasteiger partial charge >= 0.3 is 11.9 Å². The number of fused-ring (bicyclic) bond motifs is 1. The van der Waals surface area contributed by atoms with Gasteiger partial charge in [-0.25, -0.2) is 4.79 Å². The Kier molecular flexibility index (Phi) is 28.5. The monoisotopic (exact) mass is 1190 g/mol. The predicted molar refractivity (Wildman–Crippen MR) is 315 cm³/mol. The molecule has 9 atom stereocenters. The summed E-state index contributed by atoms with van der Waals surface area (Å²) in [5, 5.41) is 49.1. The van der Waals surface area contributed by atoms with Crippen LogP contribution >= 0.6 is 0 Å². The van der Waals surface area contributed by atoms with Crippen LogP contribution in [-0.2, 0) is 60.8 Å². The molecule has 1 aromatic heterocycles. The van der Waals surface area contributed by atoms with E-state index < -0.39 is 126 Å². The number of H-pyrrole nitrogens is 1. The third-order valence-electron chi connectivity index (χ3n) is 14.4. The molecule has 1 aliphatic heterocycles. The molecule has 468 valence electrons. The first kappa shape index (κ1) is 69.1. The molecule has 4 rings (SSSR count). The number of aromatic amines is 1. The van der Waals surface area contributed by atoms with Gasteiger partial charge in [-0.1, -0.05) is 50.6 Å². The van der Waals surface area contributed by atoms with Crippen LogP contribution in [0.3, 0.4) is 0 Å². The number of phenolic OH excluding ortho intramolecular Hbond substituents is 1. The molecule has 1 fully saturated rings. The van der Waals surface area contributed by atoms with Crippen molar-refractivity contribution in [3.05, 3.63) is 65.9 Å². The second-order valence-corrected chi connectivity index (χ2v) is 21.7. The standard InChI is InChI=1S/C57H87N15O13/c1-32(2)28-45(56(84)85)71-53(81)44(30-35-31-64-39-14-5-4-12-37(35)39)70-52(80)43(29-34-18-20-36(73)21-19-34)69-50(78)40(15-7-9-25-59)66-51(79)42(22-23-47(74)75)67-49(77)41(16-10-26-63-57(61)62)68-54(82)46-17-11-27-72(46)55(83)33(3)65-48(76)38(60)13-6-8-24-58/h4-5,12,14,18-21,31-33,38,40-46,64,73H,6-11,13,15-17,22-30,58-60H2,1-3H3,(H,65,76)(H,66,79)(H,67,77)(H,68,82)(H,69,78)(H,70,80)(H,71,81)(H,74,75)(H,84,85)(H4,61,62,63)/t33-,38-,40-,41-,42-,43-,44-,45-,46-/m0/s1. The van der Waals surface area contributed by atoms with Gasteiger partial charge in [-0.15, -0.1) is 0 Å². The number of hydrogen-bond acceptors (Lipinski definition) is 15. The van der Waals surface area contributed by atoms with Gasteiger partial charge in [0.05, 0.1) is 6.04 Å². The van der Waals surface area contributed by atoms with Crippen LogP contribution in [0.15, 0.2) is 59.7 Å². The number of guanidine groups is 1. The number of para-hydroxylation sites is 1. The molecule has 2 heterocycles. The summed E-state index contributed by atoms with van der Waals surface area (Å²) < 4.78 is 0. The molecule has 28 nitrogen and oxygen atoms in total. The summed E-state index contributed by atoms with van der Waals surface area (Å²) >= 11 is 0. The topological polar surface area (TPSA) is 477 Å². The lowest BCUT2D eigenvalue weighted by Gasteiger charge is -2.30. The average Bonchev–Trinajstić information content (AvgIpc) is 4.18. The third kappa shape index (κ3) is 23.0. The summed E-state index contributed by atoms with van der Waals surface area (Å²) in [6, 6.07) is 1.16. The number of aliphatic carboxylic acids is 2. The number of likely N-dealkylation sites (tertiary alicyclic amines) is 1. The highest BCUT2D eigenvalue weighted by molar-refractivity contribution is 5.99. The maximum Gasteiger partial charge on any atom is 0.326 e. The lowest BCUT2D eigenvalue weighted by molar-refractivity contribution is -0.143. The summed E-state index contributed by atoms with van der Waals surface area (Å²) in [5.41, 5.74) is 30.3. The van der Waals surface area contributed by atoms with Crippen molar-refractivity contribution in [2.75, 3.05) is 26.2 Å². The Hall–Kier alpha value is -8.37. The van der Waals surface area contributed by atoms with Crippen molar-refractivity contribution in [1.82, 2.24) is 47.1 Å². The number of carboxylic acids is 2. The van der Waals surface area contributed by atoms with Gasteiger partial charge in [-0.2, -0.15) is 0 Å². The summed E-state index contributed by atoms with van der Waals surface area (Å²) in [5.74, 6) is -9.54. The fraction of sp³-hybridized carbons (Fsp3) is 0.561. The van der Waals surface area contributed by atoms with Gasteiger partial charge in [0.25, 0.3) is 0 Å². The van der Waals surface area contributed by atoms with Crippen LogP contribution in [0.5, 0.6) is 5.75 Å². The van der Waals surface area contributed by atoms with Crippen LogP contribution in [0, 0.1) is 5.92 Å². The molecule has 21 N–H and O–H groups in total. The summed E-state index contributed by atoms with van der Waals surface area (Å²) in [6.07, 6.45) is 2.98. The van der Waals surface area contributed by atoms with Crippen molar-refractivity contribution in [3.8, 4) is 5.75 Å². The first-order valence-corrected chi connectivity index (χ1v) is 28.8. The van der Waals surface area contributed by atoms with E-state index in [2.05, 4.69) is 47.2 Å². The molecule has 0 bridgehead atoms. The summed E-state index contributed by atoms with van der Waals surface area (Å²) in [6.45, 7) is 5.81. The van der Waals surface area contributed by atoms with E-state index in [9.17, 15) is 63.3 Å². The SMILES string of the molecule is CC(C)C[C@H](NC(=O)[C@H](Cc1c[nH]c2ccccc12)NC(=O)[C@H](Cc1ccc(O)cc1)NC(=O)[C@H](CCCCN)NC(=O)[C@H](CCC(=O)O)NC(=O)[C@H](CCCN=C(N)N)NC(=O)[C@@H]1CCCN1C(=O)[C@H](C)NC(=O)[C@@H](N)CCCCN)C(=O)O. The number of unbranched alkanes of at least 4 members (excludes halogenated alkanes) is 2. The maximum absolute atomic E-state index is 14.7. The van der Waals surface area contributed by atoms with E-state index >= 15 is 0 Å². The number of aromatic hydroxyl groups is 1. The molecular formula is C57H87N15O13. The fourth-order valence-electron chi connectivity index (χ4n) is 9.77. The molecule has 0 radical (unpaired) electrons. The molecular weight excluding hydrogens is 1100 g/mol. The number of hydrogen-bond donors (Lipinski definition) is 16. The molecule has 2 aromatic carbocycles. The van der Waals surface area contributed by atoms with Crippen LogP contribution < -0.4 is 65.9 Å². The van der Waals surface area contributed by atoms with Gasteiger partial charge in [-0.05, 0) is 126 Å². The number of nitrogens with one attached hydrogen (secondary N) is 8. The molecule has 0 unspecified atom stereocenters. The van der Waals surface area contributed by atoms with Crippen molar-refractivity contribution in [2.24, 2.45) is 39.6 Å². The van der Waals surface area contributed by atoms with Crippen LogP contribution in [0.25, 0.3) is 10.9 Å². The number of carbonyl (C=O) groups is 10. The predicted octanol–water partition coefficient (Wildman–Crippen LogP) is -1.30. The van der Waals surface area contributed by atoms with Gasteiger partial charge in [-0.3, -0.25) is 48.1 Å². The second kappa shape index (κ2) is 35.0. The van der Waals surface area contributed by atoms with E-state index in [4.69, 9.17) is 28.7 Å². The number of carbonyl (C=O) groups excluding carboxylic acids is 8. The van der Waals surface area contributed by atoms with Crippen LogP contribution in [0.4, 0.5) is 0 Å². The molecule has 0 spiro atoms. The molecule has 0 aliphatic carbocycles. The van der Waals surface area contributed by atoms with E-state index in [1.165, 1.54) is 36.1 Å². The number of amides is 8. The fourth-order valence-corrected chi connectivity index (χ4v) is 9.77. The normalized spacial score (nSPS) is 15.8. The van der Waals surface area contributed by atoms with Gasteiger partial charge in [0.1, 0.15) is 54.1 Å². The lowest BCUT2D eigenvalue weighted by Crippen LogP contribution is -2.60. The number of phenols is 1. The highest BCUT2D eigenvalue weighted by Gasteiger charge is 2.39. The number of nitrogens with two attached hydrogens (primary N) is 5. The van der Waals surface area contributed by atoms with Crippen molar-refractivity contribution >= 4 is 76.1 Å². The number of benzene rings is 2. The Labute approximate surface area is 493 Å². The Morgan fingerprint density at radius 1 is 0.647 bits per heavy atom. The lowest BCUT2D eigenvalue weighted by atomic mass is 10.00. The zero-order valence-electron chi connectivity index (χ0n) is 48.6. The second-order valence-electron chi connectivity index (χ2n) is 21.7. The number of aromatic nitrogens is 1. The van der Waals surface area contributed by atoms with Crippen molar-refractivity contribution in [2.45, 2.75) is 171 Å². The first-order valence-electron chi connectivity index (χ1n) is 28.8. The quantitative estimate of drug-likeness (QED) is 0.0181. The first-order chi connectivity index (χ1) is 40.4. The van der Waals surface area contributed by atoms with E-state index in [-0.39, 0.29) is 88.6 Å². The Morgan fingerprint density at radius 3 is 1.78 bits per heavy atom. The Bertz CT molecular complexity index is 2770. The molecule has 1 saturated heterocycles. The minimum atomic E-state index is -1.65. The van der Waals surface area contributed by atoms with E-state index in [1.807, 2.05) is 12.1 Å². The number of rotatable bonds is 37. The Morgan fingerprint density at radius 2 is 1.19 bits per heavy atom. The van der Waals surface area contributed by atoms with Crippen molar-refractivity contribution < 1.29 is 63.3 Å². The zero-order valence-corrected chi connectivity index (χ0v) is 48.6. The summed E-state index contributed by atoms with van der Waals surface area (Å²) in [4.78, 5) is 146. The number of nitrogens with zero attached hydrogens (tertiary/aromatic N) is 2. The average molecular weight is 1190 g/mol. The zero-order chi connectivity index (χ0) is 62.8. The largest absolute Gasteiger partial charge is 0.508 e. The molecule has 85 heavy (non-hydrogen) atoms. The highest BCUT2D eigenvalue weighted by atomic mass is 16.4. The van der Waals surface area contributed by atoms with Crippen molar-refractivity contribution in [3.63, 3.8) is 0 Å². The van der Waals surface area contributed by atoms with E-state index in [1.54, 1.807) is 32.2 Å². The number of carboxylic acid groups (broad SMARTS) is 2. The highest BCUT2D eigenvalue weighted by Crippen LogP contribution is 2.22. The van der Waals surface area contributed by atoms with Gasteiger partial charge in [0, 0.05) is 49.5 Å². The van der Waals surface area contributed by atoms with Gasteiger partial charge in [0.15, 0.2) is 5.96 Å². The maximum atomic E-state index is 14.7. The minimum absolute atomic E-state index is 0.0112. The van der Waals surface area contributed by atoms with Crippen LogP contribution in [0.2, 0.25) is 0 Å². The van der Waals surface area contributed by atoms with Crippen molar-refractivity contribution in [1.29, 1.82) is 0 Å². The molecule has 0 saturated carbocycles. The van der Waals surface area contributed by atoms with Gasteiger partial charge < -0.3 is 91.1 Å². The van der Waals surface area contributed by atoms with E-state index in [0.717, 1.165) is 10.9 Å². The molecule has 8 amide bonds. The summed E-state index contributed by atoms with van der Waals surface area (Å²) in [7, 11) is 0. The van der Waals surface area contributed by atoms with E-state index in [0.29, 0.717) is 49.8 Å². The smallest absolute Gasteiger partial charge is 0.326 e. The Balaban J connectivity index is 1.63. The van der Waals surface area contributed by atoms with Crippen LogP contribution in [-0.4, -0.2) is 171 Å².